The molecule has 18 heavy (non-hydrogen) atoms. The maximum absolute atomic E-state index is 11.0. The van der Waals surface area contributed by atoms with Gasteiger partial charge in [0.25, 0.3) is 0 Å². The highest BCUT2D eigenvalue weighted by Gasteiger charge is 2.27. The van der Waals surface area contributed by atoms with Crippen molar-refractivity contribution in [3.05, 3.63) is 28.2 Å². The van der Waals surface area contributed by atoms with E-state index in [9.17, 15) is 4.79 Å². The van der Waals surface area contributed by atoms with Gasteiger partial charge >= 0.3 is 5.97 Å². The number of benzene rings is 1. The summed E-state index contributed by atoms with van der Waals surface area (Å²) in [4.78, 5) is 13.4. The average molecular weight is 312 g/mol. The monoisotopic (exact) mass is 311 g/mol. The van der Waals surface area contributed by atoms with Gasteiger partial charge in [-0.25, -0.2) is 4.79 Å². The minimum absolute atomic E-state index is 0.319. The standard InChI is InChI=1S/C14H18BrNO2/c1-9(2)13-4-3-7-16(13)10-5-6-11(14(17)18)12(15)8-10/h5-6,8-9,13H,3-4,7H2,1-2H3,(H,17,18). The van der Waals surface area contributed by atoms with Crippen molar-refractivity contribution in [2.24, 2.45) is 5.92 Å². The second-order valence-electron chi connectivity index (χ2n) is 5.12. The number of hydrogen-bond acceptors (Lipinski definition) is 2. The van der Waals surface area contributed by atoms with Gasteiger partial charge in [0.05, 0.1) is 5.56 Å². The van der Waals surface area contributed by atoms with E-state index in [1.54, 1.807) is 6.07 Å². The molecule has 1 unspecified atom stereocenters. The molecule has 0 spiro atoms. The Balaban J connectivity index is 2.29. The molecule has 0 radical (unpaired) electrons. The number of carboxylic acid groups (broad SMARTS) is 1. The Labute approximate surface area is 116 Å². The predicted molar refractivity (Wildman–Crippen MR) is 76.3 cm³/mol. The molecule has 0 bridgehead atoms. The maximum atomic E-state index is 11.0. The van der Waals surface area contributed by atoms with E-state index in [1.807, 2.05) is 12.1 Å². The quantitative estimate of drug-likeness (QED) is 0.923. The van der Waals surface area contributed by atoms with Crippen LogP contribution in [0.2, 0.25) is 0 Å². The Bertz CT molecular complexity index is 459. The first-order valence-electron chi connectivity index (χ1n) is 6.30. The lowest BCUT2D eigenvalue weighted by Gasteiger charge is -2.30. The Hall–Kier alpha value is -1.03. The average Bonchev–Trinajstić information content (AvgIpc) is 2.77. The third-order valence-electron chi connectivity index (χ3n) is 3.58. The molecule has 1 aliphatic rings. The highest BCUT2D eigenvalue weighted by Crippen LogP contribution is 2.32. The van der Waals surface area contributed by atoms with Crippen LogP contribution in [-0.2, 0) is 0 Å². The van der Waals surface area contributed by atoms with Gasteiger partial charge in [-0.1, -0.05) is 13.8 Å². The normalized spacial score (nSPS) is 19.6. The van der Waals surface area contributed by atoms with E-state index in [1.165, 1.54) is 12.8 Å². The van der Waals surface area contributed by atoms with E-state index in [-0.39, 0.29) is 0 Å². The molecular formula is C14H18BrNO2. The zero-order valence-corrected chi connectivity index (χ0v) is 12.3. The van der Waals surface area contributed by atoms with Crippen molar-refractivity contribution in [3.8, 4) is 0 Å². The topological polar surface area (TPSA) is 40.5 Å². The van der Waals surface area contributed by atoms with E-state index in [0.29, 0.717) is 22.0 Å². The van der Waals surface area contributed by atoms with Crippen molar-refractivity contribution < 1.29 is 9.90 Å². The molecule has 4 heteroatoms. The number of halogens is 1. The molecule has 0 aliphatic carbocycles. The zero-order chi connectivity index (χ0) is 13.3. The molecule has 1 fully saturated rings. The van der Waals surface area contributed by atoms with Gasteiger partial charge in [-0.3, -0.25) is 0 Å². The third kappa shape index (κ3) is 2.53. The lowest BCUT2D eigenvalue weighted by molar-refractivity contribution is 0.0696. The molecule has 1 N–H and O–H groups in total. The van der Waals surface area contributed by atoms with E-state index in [2.05, 4.69) is 34.7 Å². The van der Waals surface area contributed by atoms with E-state index < -0.39 is 5.97 Å². The summed E-state index contributed by atoms with van der Waals surface area (Å²) >= 11 is 3.34. The first kappa shape index (κ1) is 13.4. The molecule has 3 nitrogen and oxygen atoms in total. The SMILES string of the molecule is CC(C)C1CCCN1c1ccc(C(=O)O)c(Br)c1. The van der Waals surface area contributed by atoms with Gasteiger partial charge in [0.2, 0.25) is 0 Å². The zero-order valence-electron chi connectivity index (χ0n) is 10.7. The van der Waals surface area contributed by atoms with Crippen LogP contribution in [0.4, 0.5) is 5.69 Å². The van der Waals surface area contributed by atoms with Crippen LogP contribution < -0.4 is 4.90 Å². The van der Waals surface area contributed by atoms with Crippen LogP contribution in [0.5, 0.6) is 0 Å². The Kier molecular flexibility index (Phi) is 3.95. The van der Waals surface area contributed by atoms with Gasteiger partial charge < -0.3 is 10.0 Å². The number of nitrogens with zero attached hydrogens (tertiary/aromatic N) is 1. The molecule has 1 aromatic rings. The second-order valence-corrected chi connectivity index (χ2v) is 5.97. The number of hydrogen-bond donors (Lipinski definition) is 1. The van der Waals surface area contributed by atoms with E-state index in [4.69, 9.17) is 5.11 Å². The molecule has 1 aliphatic heterocycles. The molecule has 1 aromatic carbocycles. The highest BCUT2D eigenvalue weighted by molar-refractivity contribution is 9.10. The summed E-state index contributed by atoms with van der Waals surface area (Å²) in [6.45, 7) is 5.54. The maximum Gasteiger partial charge on any atom is 0.336 e. The molecule has 1 heterocycles. The molecule has 1 saturated heterocycles. The lowest BCUT2D eigenvalue weighted by Crippen LogP contribution is -2.33. The van der Waals surface area contributed by atoms with Gasteiger partial charge in [-0.2, -0.15) is 0 Å². The van der Waals surface area contributed by atoms with Crippen molar-refractivity contribution in [2.75, 3.05) is 11.4 Å². The van der Waals surface area contributed by atoms with Crippen LogP contribution in [0.15, 0.2) is 22.7 Å². The second kappa shape index (κ2) is 5.31. The number of anilines is 1. The molecule has 1 atom stereocenters. The van der Waals surface area contributed by atoms with Crippen LogP contribution in [-0.4, -0.2) is 23.7 Å². The molecule has 98 valence electrons. The fourth-order valence-electron chi connectivity index (χ4n) is 2.66. The van der Waals surface area contributed by atoms with Crippen LogP contribution in [0, 0.1) is 5.92 Å². The number of aromatic carboxylic acids is 1. The van der Waals surface area contributed by atoms with Crippen LogP contribution in [0.25, 0.3) is 0 Å². The van der Waals surface area contributed by atoms with Crippen molar-refractivity contribution in [1.29, 1.82) is 0 Å². The largest absolute Gasteiger partial charge is 0.478 e. The van der Waals surface area contributed by atoms with Gasteiger partial charge in [-0.15, -0.1) is 0 Å². The molecule has 0 amide bonds. The van der Waals surface area contributed by atoms with Crippen molar-refractivity contribution in [2.45, 2.75) is 32.7 Å². The molecule has 0 aromatic heterocycles. The van der Waals surface area contributed by atoms with Crippen molar-refractivity contribution >= 4 is 27.6 Å². The van der Waals surface area contributed by atoms with Crippen LogP contribution in [0.1, 0.15) is 37.0 Å². The van der Waals surface area contributed by atoms with E-state index >= 15 is 0 Å². The molecule has 2 rings (SSSR count). The lowest BCUT2D eigenvalue weighted by atomic mass is 10.0. The minimum atomic E-state index is -0.893. The summed E-state index contributed by atoms with van der Waals surface area (Å²) in [5.74, 6) is -0.277. The number of carboxylic acids is 1. The summed E-state index contributed by atoms with van der Waals surface area (Å²) in [6, 6.07) is 6.07. The molecular weight excluding hydrogens is 294 g/mol. The van der Waals surface area contributed by atoms with Crippen molar-refractivity contribution in [1.82, 2.24) is 0 Å². The predicted octanol–water partition coefficient (Wildman–Crippen LogP) is 3.77. The highest BCUT2D eigenvalue weighted by atomic mass is 79.9. The van der Waals surface area contributed by atoms with Crippen LogP contribution in [0.3, 0.4) is 0 Å². The van der Waals surface area contributed by atoms with E-state index in [0.717, 1.165) is 12.2 Å². The fraction of sp³-hybridized carbons (Fsp3) is 0.500. The number of rotatable bonds is 3. The smallest absolute Gasteiger partial charge is 0.336 e. The summed E-state index contributed by atoms with van der Waals surface area (Å²) in [5, 5.41) is 9.02. The first-order valence-corrected chi connectivity index (χ1v) is 7.09. The fourth-order valence-corrected chi connectivity index (χ4v) is 3.20. The minimum Gasteiger partial charge on any atom is -0.478 e. The Morgan fingerprint density at radius 1 is 1.50 bits per heavy atom. The van der Waals surface area contributed by atoms with Gasteiger partial charge in [-0.05, 0) is 52.9 Å². The summed E-state index contributed by atoms with van der Waals surface area (Å²) in [7, 11) is 0. The molecule has 0 saturated carbocycles. The van der Waals surface area contributed by atoms with Gasteiger partial charge in [0, 0.05) is 22.7 Å². The summed E-state index contributed by atoms with van der Waals surface area (Å²) in [5.41, 5.74) is 1.43. The Morgan fingerprint density at radius 3 is 2.78 bits per heavy atom. The number of carbonyl (C=O) groups is 1. The van der Waals surface area contributed by atoms with Gasteiger partial charge in [0.15, 0.2) is 0 Å². The van der Waals surface area contributed by atoms with Crippen LogP contribution >= 0.6 is 15.9 Å². The van der Waals surface area contributed by atoms with Crippen molar-refractivity contribution in [3.63, 3.8) is 0 Å². The summed E-state index contributed by atoms with van der Waals surface area (Å²) in [6.07, 6.45) is 2.43. The summed E-state index contributed by atoms with van der Waals surface area (Å²) < 4.78 is 0.655. The third-order valence-corrected chi connectivity index (χ3v) is 4.24. The van der Waals surface area contributed by atoms with Gasteiger partial charge in [0.1, 0.15) is 0 Å². The Morgan fingerprint density at radius 2 is 2.22 bits per heavy atom. The first-order chi connectivity index (χ1) is 8.50.